The zero-order valence-corrected chi connectivity index (χ0v) is 14.0. The second kappa shape index (κ2) is 6.30. The smallest absolute Gasteiger partial charge is 0.359 e. The van der Waals surface area contributed by atoms with Crippen LogP contribution in [-0.2, 0) is 27.1 Å². The third kappa shape index (κ3) is 3.02. The summed E-state index contributed by atoms with van der Waals surface area (Å²) < 4.78 is 38.0. The summed E-state index contributed by atoms with van der Waals surface area (Å²) in [6, 6.07) is 4.49. The van der Waals surface area contributed by atoms with Crippen LogP contribution in [0.5, 0.6) is 0 Å². The molecule has 0 aromatic heterocycles. The summed E-state index contributed by atoms with van der Waals surface area (Å²) >= 11 is 0. The van der Waals surface area contributed by atoms with Crippen LogP contribution in [-0.4, -0.2) is 41.8 Å². The molecule has 1 spiro atoms. The predicted octanol–water partition coefficient (Wildman–Crippen LogP) is 1.06. The molecule has 1 saturated heterocycles. The third-order valence-corrected chi connectivity index (χ3v) is 5.05. The minimum Gasteiger partial charge on any atom is -0.359 e. The molecule has 2 aliphatic rings. The van der Waals surface area contributed by atoms with Crippen LogP contribution >= 0.6 is 0 Å². The number of hydrogen-bond acceptors (Lipinski definition) is 3. The van der Waals surface area contributed by atoms with Gasteiger partial charge >= 0.3 is 6.18 Å². The number of carbonyl (C=O) groups is 3. The van der Waals surface area contributed by atoms with Crippen LogP contribution in [0.3, 0.4) is 0 Å². The first-order chi connectivity index (χ1) is 12.2. The molecular formula is C17H18F3N3O3. The lowest BCUT2D eigenvalue weighted by Gasteiger charge is -2.54. The predicted molar refractivity (Wildman–Crippen MR) is 84.5 cm³/mol. The van der Waals surface area contributed by atoms with Crippen molar-refractivity contribution in [1.82, 2.24) is 15.5 Å². The maximum atomic E-state index is 12.7. The molecule has 2 N–H and O–H groups in total. The molecule has 1 saturated carbocycles. The minimum absolute atomic E-state index is 0.0187. The Labute approximate surface area is 147 Å². The largest absolute Gasteiger partial charge is 0.416 e. The molecule has 26 heavy (non-hydrogen) atoms. The van der Waals surface area contributed by atoms with Gasteiger partial charge in [-0.05, 0) is 30.5 Å². The summed E-state index contributed by atoms with van der Waals surface area (Å²) in [4.78, 5) is 37.9. The van der Waals surface area contributed by atoms with E-state index in [1.165, 1.54) is 24.1 Å². The molecule has 0 radical (unpaired) electrons. The average Bonchev–Trinajstić information content (AvgIpc) is 2.56. The lowest BCUT2D eigenvalue weighted by molar-refractivity contribution is -0.167. The second-order valence-electron chi connectivity index (χ2n) is 6.61. The third-order valence-electron chi connectivity index (χ3n) is 5.05. The highest BCUT2D eigenvalue weighted by Gasteiger charge is 2.59. The second-order valence-corrected chi connectivity index (χ2v) is 6.61. The first-order valence-electron chi connectivity index (χ1n) is 8.14. The van der Waals surface area contributed by atoms with Gasteiger partial charge in [0.2, 0.25) is 17.7 Å². The van der Waals surface area contributed by atoms with Gasteiger partial charge < -0.3 is 15.5 Å². The summed E-state index contributed by atoms with van der Waals surface area (Å²) in [5.41, 5.74) is -1.40. The Morgan fingerprint density at radius 3 is 2.42 bits per heavy atom. The van der Waals surface area contributed by atoms with E-state index in [9.17, 15) is 27.6 Å². The summed E-state index contributed by atoms with van der Waals surface area (Å²) in [6.07, 6.45) is -4.04. The molecule has 3 rings (SSSR count). The van der Waals surface area contributed by atoms with Gasteiger partial charge in [0.25, 0.3) is 0 Å². The lowest BCUT2D eigenvalue weighted by Crippen LogP contribution is -2.72. The van der Waals surface area contributed by atoms with Gasteiger partial charge in [-0.1, -0.05) is 12.1 Å². The Bertz CT molecular complexity index is 740. The van der Waals surface area contributed by atoms with Crippen molar-refractivity contribution in [3.05, 3.63) is 35.4 Å². The van der Waals surface area contributed by atoms with Crippen molar-refractivity contribution in [2.24, 2.45) is 5.92 Å². The molecule has 9 heteroatoms. The Morgan fingerprint density at radius 2 is 1.88 bits per heavy atom. The molecule has 3 amide bonds. The van der Waals surface area contributed by atoms with Crippen molar-refractivity contribution in [1.29, 1.82) is 0 Å². The van der Waals surface area contributed by atoms with Crippen LogP contribution in [0.15, 0.2) is 24.3 Å². The number of hydrogen-bond donors (Lipinski definition) is 2. The number of amides is 3. The van der Waals surface area contributed by atoms with E-state index in [2.05, 4.69) is 10.6 Å². The molecule has 0 unspecified atom stereocenters. The maximum absolute atomic E-state index is 12.7. The fraction of sp³-hybridized carbons (Fsp3) is 0.471. The van der Waals surface area contributed by atoms with Gasteiger partial charge in [0.1, 0.15) is 5.54 Å². The topological polar surface area (TPSA) is 78.5 Å². The number of piperazine rings is 1. The van der Waals surface area contributed by atoms with E-state index in [4.69, 9.17) is 0 Å². The van der Waals surface area contributed by atoms with Crippen LogP contribution in [0.25, 0.3) is 0 Å². The first-order valence-corrected chi connectivity index (χ1v) is 8.14. The molecule has 0 atom stereocenters. The van der Waals surface area contributed by atoms with Crippen molar-refractivity contribution in [2.75, 3.05) is 13.6 Å². The van der Waals surface area contributed by atoms with E-state index < -0.39 is 17.3 Å². The van der Waals surface area contributed by atoms with Gasteiger partial charge in [-0.2, -0.15) is 13.2 Å². The molecule has 1 aliphatic carbocycles. The number of rotatable bonds is 3. The van der Waals surface area contributed by atoms with Crippen molar-refractivity contribution in [3.63, 3.8) is 0 Å². The molecule has 6 nitrogen and oxygen atoms in total. The van der Waals surface area contributed by atoms with E-state index >= 15 is 0 Å². The van der Waals surface area contributed by atoms with Gasteiger partial charge in [0.05, 0.1) is 12.1 Å². The summed E-state index contributed by atoms with van der Waals surface area (Å²) in [6.45, 7) is -0.142. The molecule has 0 bridgehead atoms. The Kier molecular flexibility index (Phi) is 4.41. The molecular weight excluding hydrogens is 351 g/mol. The number of alkyl halides is 3. The van der Waals surface area contributed by atoms with Crippen LogP contribution < -0.4 is 10.6 Å². The maximum Gasteiger partial charge on any atom is 0.416 e. The Morgan fingerprint density at radius 1 is 1.27 bits per heavy atom. The molecule has 1 aromatic carbocycles. The molecule has 2 fully saturated rings. The molecule has 1 aliphatic heterocycles. The average molecular weight is 369 g/mol. The van der Waals surface area contributed by atoms with Crippen molar-refractivity contribution in [2.45, 2.75) is 31.1 Å². The van der Waals surface area contributed by atoms with Gasteiger partial charge in [0, 0.05) is 19.5 Å². The fourth-order valence-corrected chi connectivity index (χ4v) is 3.55. The summed E-state index contributed by atoms with van der Waals surface area (Å²) in [5, 5.41) is 5.06. The highest BCUT2D eigenvalue weighted by atomic mass is 19.4. The minimum atomic E-state index is -4.44. The normalized spacial score (nSPS) is 25.7. The Hall–Kier alpha value is -2.58. The molecule has 140 valence electrons. The van der Waals surface area contributed by atoms with Crippen molar-refractivity contribution >= 4 is 17.7 Å². The van der Waals surface area contributed by atoms with E-state index in [-0.39, 0.29) is 49.6 Å². The van der Waals surface area contributed by atoms with Crippen molar-refractivity contribution in [3.8, 4) is 0 Å². The fourth-order valence-electron chi connectivity index (χ4n) is 3.55. The highest BCUT2D eigenvalue weighted by molar-refractivity contribution is 6.00. The summed E-state index contributed by atoms with van der Waals surface area (Å²) in [7, 11) is 1.50. The van der Waals surface area contributed by atoms with Gasteiger partial charge in [-0.25, -0.2) is 0 Å². The number of benzene rings is 1. The van der Waals surface area contributed by atoms with Crippen LogP contribution in [0.2, 0.25) is 0 Å². The van der Waals surface area contributed by atoms with Crippen LogP contribution in [0, 0.1) is 5.92 Å². The number of carbonyl (C=O) groups excluding carboxylic acids is 3. The van der Waals surface area contributed by atoms with E-state index in [1.54, 1.807) is 0 Å². The monoisotopic (exact) mass is 369 g/mol. The standard InChI is InChI=1S/C17H18F3N3O3/c1-21-14(25)11-6-16(7-11)15(26)22-8-13(24)23(16)9-10-2-4-12(5-3-10)17(18,19)20/h2-5,11H,6-9H2,1H3,(H,21,25)(H,22,26). The van der Waals surface area contributed by atoms with E-state index in [0.717, 1.165) is 12.1 Å². The Balaban J connectivity index is 1.81. The zero-order valence-electron chi connectivity index (χ0n) is 14.0. The zero-order chi connectivity index (χ0) is 19.1. The van der Waals surface area contributed by atoms with Crippen LogP contribution in [0.4, 0.5) is 13.2 Å². The van der Waals surface area contributed by atoms with Crippen molar-refractivity contribution < 1.29 is 27.6 Å². The summed E-state index contributed by atoms with van der Waals surface area (Å²) in [5.74, 6) is -1.22. The first kappa shape index (κ1) is 18.2. The van der Waals surface area contributed by atoms with E-state index in [0.29, 0.717) is 5.56 Å². The number of nitrogens with one attached hydrogen (secondary N) is 2. The highest BCUT2D eigenvalue weighted by Crippen LogP contribution is 2.45. The van der Waals surface area contributed by atoms with Gasteiger partial charge in [-0.15, -0.1) is 0 Å². The number of halogens is 3. The number of nitrogens with zero attached hydrogens (tertiary/aromatic N) is 1. The molecule has 1 heterocycles. The lowest BCUT2D eigenvalue weighted by atomic mass is 9.65. The van der Waals surface area contributed by atoms with Gasteiger partial charge in [0.15, 0.2) is 0 Å². The van der Waals surface area contributed by atoms with Gasteiger partial charge in [-0.3, -0.25) is 14.4 Å². The SMILES string of the molecule is CNC(=O)C1CC2(C1)C(=O)NCC(=O)N2Cc1ccc(C(F)(F)F)cc1. The van der Waals surface area contributed by atoms with E-state index in [1.807, 2.05) is 0 Å². The van der Waals surface area contributed by atoms with Crippen LogP contribution in [0.1, 0.15) is 24.0 Å². The quantitative estimate of drug-likeness (QED) is 0.836. The molecule has 1 aromatic rings.